The monoisotopic (exact) mass is 333 g/mol. The molecule has 132 valence electrons. The van der Waals surface area contributed by atoms with Crippen LogP contribution in [0.3, 0.4) is 0 Å². The molecule has 2 aliphatic rings. The number of rotatable bonds is 3. The van der Waals surface area contributed by atoms with Crippen molar-refractivity contribution < 1.29 is 14.3 Å². The number of aryl methyl sites for hydroxylation is 1. The van der Waals surface area contributed by atoms with Crippen LogP contribution in [-0.2, 0) is 9.47 Å². The first-order valence-electron chi connectivity index (χ1n) is 8.60. The Morgan fingerprint density at radius 1 is 1.46 bits per heavy atom. The molecule has 1 spiro atoms. The highest BCUT2D eigenvalue weighted by Gasteiger charge is 2.44. The first-order valence-corrected chi connectivity index (χ1v) is 8.60. The van der Waals surface area contributed by atoms with Crippen LogP contribution in [0.15, 0.2) is 18.3 Å². The Morgan fingerprint density at radius 3 is 3.00 bits per heavy atom. The van der Waals surface area contributed by atoms with E-state index in [0.717, 1.165) is 25.1 Å². The molecule has 1 aromatic rings. The SMILES string of the molecule is Cc1ccc(C(=O)N2CCOC[C@]3(CC[C@H](CN(C)C)O3)C2)cn1. The van der Waals surface area contributed by atoms with E-state index in [0.29, 0.717) is 31.9 Å². The molecule has 6 heteroatoms. The molecule has 0 saturated carbocycles. The van der Waals surface area contributed by atoms with Crippen LogP contribution in [0.2, 0.25) is 0 Å². The van der Waals surface area contributed by atoms with Crippen molar-refractivity contribution in [3.05, 3.63) is 29.6 Å². The van der Waals surface area contributed by atoms with Crippen LogP contribution in [0.4, 0.5) is 0 Å². The maximum absolute atomic E-state index is 12.8. The Morgan fingerprint density at radius 2 is 2.29 bits per heavy atom. The number of likely N-dealkylation sites (N-methyl/N-ethyl adjacent to an activating group) is 1. The van der Waals surface area contributed by atoms with Gasteiger partial charge >= 0.3 is 0 Å². The predicted octanol–water partition coefficient (Wildman–Crippen LogP) is 1.34. The van der Waals surface area contributed by atoms with E-state index in [-0.39, 0.29) is 17.6 Å². The molecule has 2 atom stereocenters. The van der Waals surface area contributed by atoms with E-state index in [1.807, 2.05) is 24.0 Å². The molecule has 0 radical (unpaired) electrons. The van der Waals surface area contributed by atoms with Crippen LogP contribution in [-0.4, -0.2) is 79.3 Å². The molecule has 2 aliphatic heterocycles. The van der Waals surface area contributed by atoms with Gasteiger partial charge in [-0.05, 0) is 46.0 Å². The summed E-state index contributed by atoms with van der Waals surface area (Å²) in [6.07, 6.45) is 3.80. The summed E-state index contributed by atoms with van der Waals surface area (Å²) in [5, 5.41) is 0. The van der Waals surface area contributed by atoms with Gasteiger partial charge in [0.25, 0.3) is 5.91 Å². The molecule has 2 fully saturated rings. The number of hydrogen-bond acceptors (Lipinski definition) is 5. The maximum Gasteiger partial charge on any atom is 0.255 e. The van der Waals surface area contributed by atoms with E-state index in [1.54, 1.807) is 6.20 Å². The number of nitrogens with zero attached hydrogens (tertiary/aromatic N) is 3. The number of ether oxygens (including phenoxy) is 2. The average Bonchev–Trinajstić information content (AvgIpc) is 2.79. The van der Waals surface area contributed by atoms with Crippen molar-refractivity contribution in [2.45, 2.75) is 31.5 Å². The Balaban J connectivity index is 1.71. The lowest BCUT2D eigenvalue weighted by Crippen LogP contribution is -2.47. The number of carbonyl (C=O) groups is 1. The van der Waals surface area contributed by atoms with Crippen molar-refractivity contribution >= 4 is 5.91 Å². The molecule has 0 unspecified atom stereocenters. The number of pyridine rings is 1. The number of amides is 1. The lowest BCUT2D eigenvalue weighted by atomic mass is 9.99. The van der Waals surface area contributed by atoms with Gasteiger partial charge in [-0.25, -0.2) is 0 Å². The van der Waals surface area contributed by atoms with E-state index in [2.05, 4.69) is 24.0 Å². The third kappa shape index (κ3) is 3.94. The average molecular weight is 333 g/mol. The smallest absolute Gasteiger partial charge is 0.255 e. The molecule has 3 rings (SSSR count). The van der Waals surface area contributed by atoms with E-state index >= 15 is 0 Å². The Labute approximate surface area is 143 Å². The van der Waals surface area contributed by atoms with Gasteiger partial charge in [0, 0.05) is 25.0 Å². The molecule has 0 aromatic carbocycles. The highest BCUT2D eigenvalue weighted by molar-refractivity contribution is 5.94. The van der Waals surface area contributed by atoms with Gasteiger partial charge in [0.2, 0.25) is 0 Å². The molecule has 6 nitrogen and oxygen atoms in total. The van der Waals surface area contributed by atoms with Crippen LogP contribution in [0, 0.1) is 6.92 Å². The zero-order valence-corrected chi connectivity index (χ0v) is 14.8. The van der Waals surface area contributed by atoms with Crippen LogP contribution in [0.25, 0.3) is 0 Å². The minimum atomic E-state index is -0.370. The topological polar surface area (TPSA) is 54.9 Å². The van der Waals surface area contributed by atoms with Crippen LogP contribution < -0.4 is 0 Å². The van der Waals surface area contributed by atoms with Gasteiger partial charge < -0.3 is 19.3 Å². The molecule has 0 N–H and O–H groups in total. The minimum absolute atomic E-state index is 0.00651. The van der Waals surface area contributed by atoms with Crippen molar-refractivity contribution in [1.29, 1.82) is 0 Å². The molecule has 3 heterocycles. The Bertz CT molecular complexity index is 575. The number of carbonyl (C=O) groups excluding carboxylic acids is 1. The van der Waals surface area contributed by atoms with Crippen LogP contribution in [0.5, 0.6) is 0 Å². The summed E-state index contributed by atoms with van der Waals surface area (Å²) in [4.78, 5) is 21.1. The van der Waals surface area contributed by atoms with Crippen molar-refractivity contribution in [3.8, 4) is 0 Å². The second-order valence-electron chi connectivity index (χ2n) is 7.19. The summed E-state index contributed by atoms with van der Waals surface area (Å²) in [5.74, 6) is 0.00651. The largest absolute Gasteiger partial charge is 0.377 e. The van der Waals surface area contributed by atoms with Crippen molar-refractivity contribution in [1.82, 2.24) is 14.8 Å². The molecular formula is C18H27N3O3. The summed E-state index contributed by atoms with van der Waals surface area (Å²) in [7, 11) is 4.11. The molecule has 2 saturated heterocycles. The predicted molar refractivity (Wildman–Crippen MR) is 91.1 cm³/mol. The van der Waals surface area contributed by atoms with Crippen molar-refractivity contribution in [2.24, 2.45) is 0 Å². The van der Waals surface area contributed by atoms with Gasteiger partial charge in [-0.15, -0.1) is 0 Å². The standard InChI is InChI=1S/C18H27N3O3/c1-14-4-5-15(10-19-14)17(22)21-8-9-23-13-18(12-21)7-6-16(24-18)11-20(2)3/h4-5,10,16H,6-9,11-13H2,1-3H3/t16-,18+/m1/s1. The van der Waals surface area contributed by atoms with Gasteiger partial charge in [0.1, 0.15) is 5.60 Å². The van der Waals surface area contributed by atoms with Gasteiger partial charge in [-0.2, -0.15) is 0 Å². The van der Waals surface area contributed by atoms with Gasteiger partial charge in [0.05, 0.1) is 31.4 Å². The maximum atomic E-state index is 12.8. The number of aromatic nitrogens is 1. The second-order valence-corrected chi connectivity index (χ2v) is 7.19. The summed E-state index contributed by atoms with van der Waals surface area (Å²) in [5.41, 5.74) is 1.17. The normalized spacial score (nSPS) is 27.7. The van der Waals surface area contributed by atoms with Gasteiger partial charge in [0.15, 0.2) is 0 Å². The fourth-order valence-electron chi connectivity index (χ4n) is 3.51. The molecule has 1 aromatic heterocycles. The molecule has 24 heavy (non-hydrogen) atoms. The van der Waals surface area contributed by atoms with Gasteiger partial charge in [-0.1, -0.05) is 0 Å². The lowest BCUT2D eigenvalue weighted by Gasteiger charge is -2.32. The van der Waals surface area contributed by atoms with E-state index in [4.69, 9.17) is 9.47 Å². The summed E-state index contributed by atoms with van der Waals surface area (Å²) in [6.45, 7) is 5.11. The first kappa shape index (κ1) is 17.3. The third-order valence-corrected chi connectivity index (χ3v) is 4.70. The molecule has 1 amide bonds. The van der Waals surface area contributed by atoms with Crippen molar-refractivity contribution in [2.75, 3.05) is 46.9 Å². The quantitative estimate of drug-likeness (QED) is 0.836. The van der Waals surface area contributed by atoms with Gasteiger partial charge in [-0.3, -0.25) is 9.78 Å². The molecule has 0 aliphatic carbocycles. The van der Waals surface area contributed by atoms with E-state index in [1.165, 1.54) is 0 Å². The Kier molecular flexibility index (Phi) is 5.18. The molecular weight excluding hydrogens is 306 g/mol. The fraction of sp³-hybridized carbons (Fsp3) is 0.667. The minimum Gasteiger partial charge on any atom is -0.377 e. The number of hydrogen-bond donors (Lipinski definition) is 0. The zero-order valence-electron chi connectivity index (χ0n) is 14.8. The summed E-state index contributed by atoms with van der Waals surface area (Å²) >= 11 is 0. The third-order valence-electron chi connectivity index (χ3n) is 4.70. The van der Waals surface area contributed by atoms with E-state index in [9.17, 15) is 4.79 Å². The summed E-state index contributed by atoms with van der Waals surface area (Å²) in [6, 6.07) is 3.71. The fourth-order valence-corrected chi connectivity index (χ4v) is 3.51. The van der Waals surface area contributed by atoms with E-state index < -0.39 is 0 Å². The molecule has 0 bridgehead atoms. The highest BCUT2D eigenvalue weighted by atomic mass is 16.6. The highest BCUT2D eigenvalue weighted by Crippen LogP contribution is 2.33. The first-order chi connectivity index (χ1) is 11.5. The Hall–Kier alpha value is -1.50. The lowest BCUT2D eigenvalue weighted by molar-refractivity contribution is -0.0878. The van der Waals surface area contributed by atoms with Crippen LogP contribution in [0.1, 0.15) is 28.9 Å². The summed E-state index contributed by atoms with van der Waals surface area (Å²) < 4.78 is 12.1. The zero-order chi connectivity index (χ0) is 17.2. The second kappa shape index (κ2) is 7.17. The van der Waals surface area contributed by atoms with Crippen molar-refractivity contribution in [3.63, 3.8) is 0 Å². The van der Waals surface area contributed by atoms with Crippen LogP contribution >= 0.6 is 0 Å².